The van der Waals surface area contributed by atoms with E-state index in [0.717, 1.165) is 12.1 Å². The van der Waals surface area contributed by atoms with Gasteiger partial charge in [0.25, 0.3) is 0 Å². The summed E-state index contributed by atoms with van der Waals surface area (Å²) in [7, 11) is 0. The van der Waals surface area contributed by atoms with Crippen LogP contribution in [0.1, 0.15) is 25.0 Å². The fourth-order valence-electron chi connectivity index (χ4n) is 1.37. The Morgan fingerprint density at radius 2 is 1.74 bits per heavy atom. The molecule has 0 radical (unpaired) electrons. The number of amides is 1. The van der Waals surface area contributed by atoms with E-state index in [9.17, 15) is 23.1 Å². The molecule has 0 saturated heterocycles. The van der Waals surface area contributed by atoms with E-state index in [-0.39, 0.29) is 18.9 Å². The van der Waals surface area contributed by atoms with E-state index in [1.807, 2.05) is 0 Å². The highest BCUT2D eigenvalue weighted by atomic mass is 19.4. The second kappa shape index (κ2) is 5.61. The number of carbonyl (C=O) groups excluding carboxylic acids is 1. The van der Waals surface area contributed by atoms with Crippen LogP contribution in [0.4, 0.5) is 13.2 Å². The molecule has 3 nitrogen and oxygen atoms in total. The molecule has 0 aliphatic rings. The van der Waals surface area contributed by atoms with Crippen molar-refractivity contribution in [3.63, 3.8) is 0 Å². The van der Waals surface area contributed by atoms with Gasteiger partial charge in [0.1, 0.15) is 0 Å². The molecule has 19 heavy (non-hydrogen) atoms. The zero-order valence-electron chi connectivity index (χ0n) is 10.7. The minimum Gasteiger partial charge on any atom is -0.389 e. The van der Waals surface area contributed by atoms with Gasteiger partial charge in [0.2, 0.25) is 5.91 Å². The fourth-order valence-corrected chi connectivity index (χ4v) is 1.37. The van der Waals surface area contributed by atoms with Gasteiger partial charge in [-0.15, -0.1) is 0 Å². The first-order chi connectivity index (χ1) is 8.58. The summed E-state index contributed by atoms with van der Waals surface area (Å²) in [5, 5.41) is 11.9. The summed E-state index contributed by atoms with van der Waals surface area (Å²) < 4.78 is 37.0. The Balaban J connectivity index is 2.56. The van der Waals surface area contributed by atoms with Gasteiger partial charge in [-0.25, -0.2) is 0 Å². The third-order valence-electron chi connectivity index (χ3n) is 2.36. The number of nitrogens with one attached hydrogen (secondary N) is 1. The Hall–Kier alpha value is -1.56. The molecule has 1 rings (SSSR count). The fraction of sp³-hybridized carbons (Fsp3) is 0.462. The first-order valence-electron chi connectivity index (χ1n) is 5.73. The van der Waals surface area contributed by atoms with E-state index < -0.39 is 17.3 Å². The van der Waals surface area contributed by atoms with E-state index in [1.54, 1.807) is 13.8 Å². The van der Waals surface area contributed by atoms with Crippen molar-refractivity contribution in [1.29, 1.82) is 0 Å². The van der Waals surface area contributed by atoms with Gasteiger partial charge in [-0.2, -0.15) is 13.2 Å². The molecule has 0 aliphatic heterocycles. The normalized spacial score (nSPS) is 12.3. The Kier molecular flexibility index (Phi) is 4.57. The predicted molar refractivity (Wildman–Crippen MR) is 64.5 cm³/mol. The summed E-state index contributed by atoms with van der Waals surface area (Å²) >= 11 is 0. The number of benzene rings is 1. The highest BCUT2D eigenvalue weighted by Gasteiger charge is 2.29. The van der Waals surface area contributed by atoms with Crippen molar-refractivity contribution < 1.29 is 23.1 Å². The highest BCUT2D eigenvalue weighted by molar-refractivity contribution is 5.78. The lowest BCUT2D eigenvalue weighted by Gasteiger charge is -2.17. The lowest BCUT2D eigenvalue weighted by Crippen LogP contribution is -2.38. The van der Waals surface area contributed by atoms with Gasteiger partial charge in [0.15, 0.2) is 0 Å². The van der Waals surface area contributed by atoms with Crippen LogP contribution in [0, 0.1) is 0 Å². The van der Waals surface area contributed by atoms with E-state index in [4.69, 9.17) is 0 Å². The van der Waals surface area contributed by atoms with Crippen LogP contribution in [0.2, 0.25) is 0 Å². The number of hydrogen-bond acceptors (Lipinski definition) is 2. The summed E-state index contributed by atoms with van der Waals surface area (Å²) in [6, 6.07) is 4.43. The Morgan fingerprint density at radius 1 is 1.21 bits per heavy atom. The van der Waals surface area contributed by atoms with E-state index in [1.165, 1.54) is 12.1 Å². The second-order valence-electron chi connectivity index (χ2n) is 4.96. The standard InChI is InChI=1S/C13H16F3NO2/c1-12(2,19)8-17-11(18)7-9-3-5-10(6-4-9)13(14,15)16/h3-6,19H,7-8H2,1-2H3,(H,17,18). The minimum absolute atomic E-state index is 0.0196. The smallest absolute Gasteiger partial charge is 0.389 e. The number of hydrogen-bond donors (Lipinski definition) is 2. The molecule has 0 saturated carbocycles. The molecule has 1 aromatic rings. The van der Waals surface area contributed by atoms with Crippen molar-refractivity contribution in [3.8, 4) is 0 Å². The summed E-state index contributed by atoms with van der Waals surface area (Å²) in [5.74, 6) is -0.345. The zero-order chi connectivity index (χ0) is 14.7. The summed E-state index contributed by atoms with van der Waals surface area (Å²) in [6.07, 6.45) is -4.39. The lowest BCUT2D eigenvalue weighted by molar-refractivity contribution is -0.137. The number of halogens is 3. The lowest BCUT2D eigenvalue weighted by atomic mass is 10.1. The first kappa shape index (κ1) is 15.5. The molecule has 0 spiro atoms. The SMILES string of the molecule is CC(C)(O)CNC(=O)Cc1ccc(C(F)(F)F)cc1. The van der Waals surface area contributed by atoms with Crippen LogP contribution in [-0.2, 0) is 17.4 Å². The van der Waals surface area contributed by atoms with E-state index in [0.29, 0.717) is 5.56 Å². The van der Waals surface area contributed by atoms with Crippen molar-refractivity contribution in [1.82, 2.24) is 5.32 Å². The Bertz CT molecular complexity index is 433. The predicted octanol–water partition coefficient (Wildman–Crippen LogP) is 2.13. The van der Waals surface area contributed by atoms with Gasteiger partial charge in [-0.1, -0.05) is 12.1 Å². The largest absolute Gasteiger partial charge is 0.416 e. The van der Waals surface area contributed by atoms with Gasteiger partial charge < -0.3 is 10.4 Å². The molecule has 6 heteroatoms. The first-order valence-corrected chi connectivity index (χ1v) is 5.73. The van der Waals surface area contributed by atoms with Gasteiger partial charge in [-0.3, -0.25) is 4.79 Å². The maximum atomic E-state index is 12.3. The number of carbonyl (C=O) groups is 1. The minimum atomic E-state index is -4.37. The van der Waals surface area contributed by atoms with Crippen molar-refractivity contribution in [2.24, 2.45) is 0 Å². The van der Waals surface area contributed by atoms with Crippen LogP contribution in [0.3, 0.4) is 0 Å². The second-order valence-corrected chi connectivity index (χ2v) is 4.96. The zero-order valence-corrected chi connectivity index (χ0v) is 10.7. The van der Waals surface area contributed by atoms with Gasteiger partial charge in [-0.05, 0) is 31.5 Å². The van der Waals surface area contributed by atoms with Crippen molar-refractivity contribution in [2.45, 2.75) is 32.0 Å². The molecule has 0 bridgehead atoms. The molecule has 0 fully saturated rings. The van der Waals surface area contributed by atoms with Crippen LogP contribution >= 0.6 is 0 Å². The number of rotatable bonds is 4. The third kappa shape index (κ3) is 5.74. The van der Waals surface area contributed by atoms with Gasteiger partial charge in [0.05, 0.1) is 17.6 Å². The highest BCUT2D eigenvalue weighted by Crippen LogP contribution is 2.29. The molecule has 2 N–H and O–H groups in total. The molecule has 0 unspecified atom stereocenters. The van der Waals surface area contributed by atoms with Crippen LogP contribution in [-0.4, -0.2) is 23.2 Å². The van der Waals surface area contributed by atoms with Crippen LogP contribution in [0.25, 0.3) is 0 Å². The average Bonchev–Trinajstić information content (AvgIpc) is 2.25. The molecule has 0 aromatic heterocycles. The maximum Gasteiger partial charge on any atom is 0.416 e. The molecule has 106 valence electrons. The van der Waals surface area contributed by atoms with Crippen LogP contribution < -0.4 is 5.32 Å². The van der Waals surface area contributed by atoms with Crippen LogP contribution in [0.5, 0.6) is 0 Å². The van der Waals surface area contributed by atoms with Gasteiger partial charge >= 0.3 is 6.18 Å². The molecule has 1 aromatic carbocycles. The van der Waals surface area contributed by atoms with Crippen molar-refractivity contribution >= 4 is 5.91 Å². The van der Waals surface area contributed by atoms with Crippen molar-refractivity contribution in [2.75, 3.05) is 6.54 Å². The Labute approximate surface area is 109 Å². The van der Waals surface area contributed by atoms with E-state index in [2.05, 4.69) is 5.32 Å². The molecule has 0 heterocycles. The topological polar surface area (TPSA) is 49.3 Å². The maximum absolute atomic E-state index is 12.3. The third-order valence-corrected chi connectivity index (χ3v) is 2.36. The van der Waals surface area contributed by atoms with Gasteiger partial charge in [0, 0.05) is 6.54 Å². The monoisotopic (exact) mass is 275 g/mol. The quantitative estimate of drug-likeness (QED) is 0.884. The number of alkyl halides is 3. The van der Waals surface area contributed by atoms with E-state index >= 15 is 0 Å². The Morgan fingerprint density at radius 3 is 2.16 bits per heavy atom. The summed E-state index contributed by atoms with van der Waals surface area (Å²) in [4.78, 5) is 11.5. The summed E-state index contributed by atoms with van der Waals surface area (Å²) in [5.41, 5.74) is -1.27. The molecular weight excluding hydrogens is 259 g/mol. The summed E-state index contributed by atoms with van der Waals surface area (Å²) in [6.45, 7) is 3.18. The molecule has 1 amide bonds. The molecule has 0 aliphatic carbocycles. The molecule has 0 atom stereocenters. The molecular formula is C13H16F3NO2. The number of aliphatic hydroxyl groups is 1. The average molecular weight is 275 g/mol. The van der Waals surface area contributed by atoms with Crippen LogP contribution in [0.15, 0.2) is 24.3 Å². The van der Waals surface area contributed by atoms with Crippen molar-refractivity contribution in [3.05, 3.63) is 35.4 Å².